The number of hydrogen-bond acceptors (Lipinski definition) is 6. The predicted octanol–water partition coefficient (Wildman–Crippen LogP) is -0.0886. The summed E-state index contributed by atoms with van der Waals surface area (Å²) in [6.07, 6.45) is 3.83. The normalized spacial score (nSPS) is 14.7. The Bertz CT molecular complexity index is 526. The van der Waals surface area contributed by atoms with E-state index in [9.17, 15) is 9.59 Å². The molecule has 23 heavy (non-hydrogen) atoms. The Labute approximate surface area is 135 Å². The fourth-order valence-electron chi connectivity index (χ4n) is 2.34. The lowest BCUT2D eigenvalue weighted by Crippen LogP contribution is -2.48. The molecule has 1 N–H and O–H groups in total. The Hall–Kier alpha value is -2.22. The largest absolute Gasteiger partial charge is 0.385 e. The van der Waals surface area contributed by atoms with Crippen LogP contribution in [0.25, 0.3) is 0 Å². The van der Waals surface area contributed by atoms with Crippen LogP contribution in [0.2, 0.25) is 0 Å². The van der Waals surface area contributed by atoms with E-state index in [1.54, 1.807) is 18.9 Å². The minimum atomic E-state index is -0.186. The van der Waals surface area contributed by atoms with E-state index in [1.807, 2.05) is 4.90 Å². The van der Waals surface area contributed by atoms with Crippen molar-refractivity contribution in [3.63, 3.8) is 0 Å². The van der Waals surface area contributed by atoms with Gasteiger partial charge in [0.15, 0.2) is 0 Å². The summed E-state index contributed by atoms with van der Waals surface area (Å²) in [5.74, 6) is 0.490. The van der Waals surface area contributed by atoms with Crippen molar-refractivity contribution < 1.29 is 14.3 Å². The highest BCUT2D eigenvalue weighted by molar-refractivity contribution is 5.93. The number of piperazine rings is 1. The first-order chi connectivity index (χ1) is 11.1. The summed E-state index contributed by atoms with van der Waals surface area (Å²) in [6.45, 7) is 5.47. The van der Waals surface area contributed by atoms with Crippen molar-refractivity contribution in [1.29, 1.82) is 0 Å². The van der Waals surface area contributed by atoms with Gasteiger partial charge in [-0.05, 0) is 6.42 Å². The van der Waals surface area contributed by atoms with Crippen molar-refractivity contribution in [2.45, 2.75) is 13.3 Å². The molecular weight excluding hydrogens is 298 g/mol. The molecule has 2 amide bonds. The Morgan fingerprint density at radius 3 is 2.43 bits per heavy atom. The summed E-state index contributed by atoms with van der Waals surface area (Å²) < 4.78 is 4.93. The van der Waals surface area contributed by atoms with E-state index in [-0.39, 0.29) is 11.8 Å². The van der Waals surface area contributed by atoms with Crippen LogP contribution in [0.5, 0.6) is 0 Å². The van der Waals surface area contributed by atoms with Gasteiger partial charge in [-0.3, -0.25) is 9.59 Å². The van der Waals surface area contributed by atoms with Crippen LogP contribution in [0.3, 0.4) is 0 Å². The smallest absolute Gasteiger partial charge is 0.254 e. The van der Waals surface area contributed by atoms with Crippen molar-refractivity contribution in [3.8, 4) is 0 Å². The number of anilines is 1. The number of carbonyl (C=O) groups is 2. The molecule has 1 aromatic rings. The van der Waals surface area contributed by atoms with Crippen molar-refractivity contribution in [1.82, 2.24) is 20.2 Å². The Kier molecular flexibility index (Phi) is 6.28. The fraction of sp³-hybridized carbons (Fsp3) is 0.600. The maximum Gasteiger partial charge on any atom is 0.254 e. The summed E-state index contributed by atoms with van der Waals surface area (Å²) >= 11 is 0. The SMILES string of the molecule is COCCCNC(=O)c1cnc(N2CCN(C(C)=O)CC2)nc1. The standard InChI is InChI=1S/C15H23N5O3/c1-12(21)19-5-7-20(8-6-19)15-17-10-13(11-18-15)14(22)16-4-3-9-23-2/h10-11H,3-9H2,1-2H3,(H,16,22). The monoisotopic (exact) mass is 321 g/mol. The van der Waals surface area contributed by atoms with Crippen LogP contribution in [0.15, 0.2) is 12.4 Å². The molecule has 2 rings (SSSR count). The highest BCUT2D eigenvalue weighted by Crippen LogP contribution is 2.11. The van der Waals surface area contributed by atoms with E-state index in [0.717, 1.165) is 6.42 Å². The van der Waals surface area contributed by atoms with Gasteiger partial charge in [-0.25, -0.2) is 9.97 Å². The molecule has 0 bridgehead atoms. The van der Waals surface area contributed by atoms with E-state index >= 15 is 0 Å². The van der Waals surface area contributed by atoms with Crippen molar-refractivity contribution >= 4 is 17.8 Å². The number of amides is 2. The number of ether oxygens (including phenoxy) is 1. The first-order valence-electron chi connectivity index (χ1n) is 7.71. The van der Waals surface area contributed by atoms with Crippen molar-refractivity contribution in [2.24, 2.45) is 0 Å². The molecule has 0 atom stereocenters. The van der Waals surface area contributed by atoms with Crippen LogP contribution in [0.4, 0.5) is 5.95 Å². The minimum Gasteiger partial charge on any atom is -0.385 e. The van der Waals surface area contributed by atoms with Gasteiger partial charge >= 0.3 is 0 Å². The maximum absolute atomic E-state index is 11.9. The molecular formula is C15H23N5O3. The molecule has 2 heterocycles. The van der Waals surface area contributed by atoms with Crippen LogP contribution >= 0.6 is 0 Å². The lowest BCUT2D eigenvalue weighted by molar-refractivity contribution is -0.129. The van der Waals surface area contributed by atoms with Crippen LogP contribution in [-0.2, 0) is 9.53 Å². The molecule has 0 aliphatic carbocycles. The third kappa shape index (κ3) is 4.88. The summed E-state index contributed by atoms with van der Waals surface area (Å²) in [4.78, 5) is 35.6. The maximum atomic E-state index is 11.9. The first kappa shape index (κ1) is 17.1. The Morgan fingerprint density at radius 2 is 1.87 bits per heavy atom. The average molecular weight is 321 g/mol. The van der Waals surface area contributed by atoms with E-state index in [1.165, 1.54) is 12.4 Å². The number of rotatable bonds is 6. The zero-order chi connectivity index (χ0) is 16.7. The number of carbonyl (C=O) groups excluding carboxylic acids is 2. The molecule has 1 saturated heterocycles. The zero-order valence-electron chi connectivity index (χ0n) is 13.6. The summed E-state index contributed by atoms with van der Waals surface area (Å²) in [5, 5.41) is 2.79. The lowest BCUT2D eigenvalue weighted by Gasteiger charge is -2.34. The van der Waals surface area contributed by atoms with Gasteiger partial charge in [0.2, 0.25) is 11.9 Å². The number of hydrogen-bond donors (Lipinski definition) is 1. The fourth-order valence-corrected chi connectivity index (χ4v) is 2.34. The highest BCUT2D eigenvalue weighted by Gasteiger charge is 2.20. The third-order valence-corrected chi connectivity index (χ3v) is 3.72. The molecule has 1 aromatic heterocycles. The van der Waals surface area contributed by atoms with Gasteiger partial charge in [-0.15, -0.1) is 0 Å². The van der Waals surface area contributed by atoms with E-state index in [2.05, 4.69) is 15.3 Å². The molecule has 0 aromatic carbocycles. The van der Waals surface area contributed by atoms with Crippen molar-refractivity contribution in [3.05, 3.63) is 18.0 Å². The average Bonchev–Trinajstić information content (AvgIpc) is 2.59. The topological polar surface area (TPSA) is 87.7 Å². The summed E-state index contributed by atoms with van der Waals surface area (Å²) in [5.41, 5.74) is 0.438. The van der Waals surface area contributed by atoms with Crippen LogP contribution in [-0.4, -0.2) is 73.1 Å². The van der Waals surface area contributed by atoms with Gasteiger partial charge in [0.05, 0.1) is 5.56 Å². The number of aromatic nitrogens is 2. The van der Waals surface area contributed by atoms with Gasteiger partial charge in [0, 0.05) is 65.8 Å². The number of methoxy groups -OCH3 is 1. The molecule has 126 valence electrons. The van der Waals surface area contributed by atoms with Gasteiger partial charge in [-0.1, -0.05) is 0 Å². The highest BCUT2D eigenvalue weighted by atomic mass is 16.5. The quantitative estimate of drug-likeness (QED) is 0.737. The Balaban J connectivity index is 1.85. The van der Waals surface area contributed by atoms with Gasteiger partial charge in [0.25, 0.3) is 5.91 Å². The molecule has 0 radical (unpaired) electrons. The minimum absolute atomic E-state index is 0.0889. The van der Waals surface area contributed by atoms with E-state index in [4.69, 9.17) is 4.74 Å². The van der Waals surface area contributed by atoms with Gasteiger partial charge < -0.3 is 19.9 Å². The molecule has 8 heteroatoms. The number of nitrogens with one attached hydrogen (secondary N) is 1. The summed E-state index contributed by atoms with van der Waals surface area (Å²) in [7, 11) is 1.63. The second-order valence-electron chi connectivity index (χ2n) is 5.37. The third-order valence-electron chi connectivity index (χ3n) is 3.72. The first-order valence-corrected chi connectivity index (χ1v) is 7.71. The molecule has 0 unspecified atom stereocenters. The van der Waals surface area contributed by atoms with Gasteiger partial charge in [0.1, 0.15) is 0 Å². The molecule has 0 spiro atoms. The number of nitrogens with zero attached hydrogens (tertiary/aromatic N) is 4. The summed E-state index contributed by atoms with van der Waals surface area (Å²) in [6, 6.07) is 0. The van der Waals surface area contributed by atoms with Crippen LogP contribution < -0.4 is 10.2 Å². The molecule has 1 fully saturated rings. The zero-order valence-corrected chi connectivity index (χ0v) is 13.6. The molecule has 1 aliphatic rings. The Morgan fingerprint density at radius 1 is 1.22 bits per heavy atom. The second-order valence-corrected chi connectivity index (χ2v) is 5.37. The van der Waals surface area contributed by atoms with Crippen LogP contribution in [0, 0.1) is 0 Å². The van der Waals surface area contributed by atoms with E-state index in [0.29, 0.717) is 50.8 Å². The molecule has 0 saturated carbocycles. The predicted molar refractivity (Wildman–Crippen MR) is 85.3 cm³/mol. The molecule has 1 aliphatic heterocycles. The molecule has 8 nitrogen and oxygen atoms in total. The lowest BCUT2D eigenvalue weighted by atomic mass is 10.3. The van der Waals surface area contributed by atoms with Crippen molar-refractivity contribution in [2.75, 3.05) is 51.3 Å². The van der Waals surface area contributed by atoms with E-state index < -0.39 is 0 Å². The van der Waals surface area contributed by atoms with Gasteiger partial charge in [-0.2, -0.15) is 0 Å². The van der Waals surface area contributed by atoms with Crippen LogP contribution in [0.1, 0.15) is 23.7 Å². The second kappa shape index (κ2) is 8.42.